The van der Waals surface area contributed by atoms with E-state index in [1.165, 1.54) is 19.2 Å². The van der Waals surface area contributed by atoms with Crippen molar-refractivity contribution in [1.82, 2.24) is 4.90 Å². The monoisotopic (exact) mass is 784 g/mol. The second kappa shape index (κ2) is 17.2. The summed E-state index contributed by atoms with van der Waals surface area (Å²) in [6, 6.07) is 23.8. The number of rotatable bonds is 9. The van der Waals surface area contributed by atoms with Gasteiger partial charge in [-0.25, -0.2) is 4.79 Å². The standard InChI is InChI=1S/C46H51F3N2O6/c1-30-10-9-22-44(2)40(38-20-16-31(24-36(52)18-15-30)25-39(38)42(53)32-11-8-12-34(26-32)46(47,48)49)21-23-45(44,55)29-51(43(54)50-35-13-6-5-7-14-35)28-33-17-19-37(56-3)27-41(33)57-4/h5-8,10-14,16-17,19-20,25-27,36,40,52,55H,9,15,18,21-24,28-29H2,1-4H3,(H,50,54)/t36-,40-,44-,45+/m0/s1. The number of benzene rings is 4. The van der Waals surface area contributed by atoms with Crippen LogP contribution in [0.15, 0.2) is 103 Å². The molecule has 2 bridgehead atoms. The summed E-state index contributed by atoms with van der Waals surface area (Å²) in [5.41, 5.74) is 0.505. The molecule has 3 N–H and O–H groups in total. The van der Waals surface area contributed by atoms with Crippen molar-refractivity contribution in [2.45, 2.75) is 89.1 Å². The third kappa shape index (κ3) is 9.21. The van der Waals surface area contributed by atoms with Gasteiger partial charge in [-0.15, -0.1) is 0 Å². The lowest BCUT2D eigenvalue weighted by Gasteiger charge is -2.46. The van der Waals surface area contributed by atoms with E-state index >= 15 is 0 Å². The van der Waals surface area contributed by atoms with E-state index in [1.807, 2.05) is 50.2 Å². The molecule has 3 aliphatic rings. The molecule has 0 radical (unpaired) electrons. The fraction of sp³-hybridized carbons (Fsp3) is 0.391. The summed E-state index contributed by atoms with van der Waals surface area (Å²) < 4.78 is 52.6. The van der Waals surface area contributed by atoms with Crippen LogP contribution in [-0.2, 0) is 19.1 Å². The summed E-state index contributed by atoms with van der Waals surface area (Å²) in [5.74, 6) is 0.108. The Balaban J connectivity index is 1.45. The number of aliphatic hydroxyl groups is 2. The van der Waals surface area contributed by atoms with Crippen LogP contribution in [-0.4, -0.2) is 59.4 Å². The first kappa shape index (κ1) is 41.5. The van der Waals surface area contributed by atoms with Crippen molar-refractivity contribution in [2.75, 3.05) is 26.1 Å². The van der Waals surface area contributed by atoms with Crippen molar-refractivity contribution < 1.29 is 42.4 Å². The molecule has 4 atom stereocenters. The van der Waals surface area contributed by atoms with Crippen LogP contribution in [0.4, 0.5) is 23.7 Å². The number of ketones is 1. The number of amides is 2. The summed E-state index contributed by atoms with van der Waals surface area (Å²) in [5, 5.41) is 27.1. The number of anilines is 1. The Morgan fingerprint density at radius 3 is 2.42 bits per heavy atom. The zero-order valence-electron chi connectivity index (χ0n) is 32.9. The number of methoxy groups -OCH3 is 2. The molecule has 4 aromatic carbocycles. The van der Waals surface area contributed by atoms with Crippen LogP contribution in [0.1, 0.15) is 96.5 Å². The Morgan fingerprint density at radius 2 is 1.70 bits per heavy atom. The normalized spacial score (nSPS) is 22.5. The summed E-state index contributed by atoms with van der Waals surface area (Å²) >= 11 is 0. The number of nitrogens with one attached hydrogen (secondary N) is 1. The van der Waals surface area contributed by atoms with Crippen molar-refractivity contribution in [1.29, 1.82) is 0 Å². The predicted octanol–water partition coefficient (Wildman–Crippen LogP) is 9.73. The number of ether oxygens (including phenoxy) is 2. The highest BCUT2D eigenvalue weighted by atomic mass is 19.4. The predicted molar refractivity (Wildman–Crippen MR) is 214 cm³/mol. The van der Waals surface area contributed by atoms with Gasteiger partial charge < -0.3 is 29.9 Å². The number of urea groups is 1. The molecule has 0 saturated heterocycles. The maximum atomic E-state index is 14.4. The second-order valence-electron chi connectivity index (χ2n) is 15.7. The number of alkyl halides is 3. The first-order valence-electron chi connectivity index (χ1n) is 19.4. The van der Waals surface area contributed by atoms with Gasteiger partial charge in [0.2, 0.25) is 0 Å². The molecule has 0 aliphatic heterocycles. The molecule has 57 heavy (non-hydrogen) atoms. The van der Waals surface area contributed by atoms with Crippen LogP contribution < -0.4 is 14.8 Å². The van der Waals surface area contributed by atoms with Crippen molar-refractivity contribution in [3.05, 3.63) is 136 Å². The molecular weight excluding hydrogens is 734 g/mol. The van der Waals surface area contributed by atoms with Gasteiger partial charge in [0.15, 0.2) is 5.78 Å². The van der Waals surface area contributed by atoms with Gasteiger partial charge >= 0.3 is 12.2 Å². The number of carbonyl (C=O) groups excluding carboxylic acids is 2. The fourth-order valence-corrected chi connectivity index (χ4v) is 8.62. The summed E-state index contributed by atoms with van der Waals surface area (Å²) in [6.45, 7) is 4.04. The minimum Gasteiger partial charge on any atom is -0.497 e. The molecule has 8 nitrogen and oxygen atoms in total. The van der Waals surface area contributed by atoms with Crippen molar-refractivity contribution in [3.63, 3.8) is 0 Å². The van der Waals surface area contributed by atoms with Gasteiger partial charge in [-0.1, -0.05) is 61.0 Å². The Kier molecular flexibility index (Phi) is 12.5. The Labute approximate surface area is 332 Å². The Hall–Kier alpha value is -5.13. The van der Waals surface area contributed by atoms with E-state index in [0.29, 0.717) is 66.0 Å². The van der Waals surface area contributed by atoms with Crippen LogP contribution in [0.5, 0.6) is 11.5 Å². The number of carbonyl (C=O) groups is 2. The van der Waals surface area contributed by atoms with Crippen LogP contribution >= 0.6 is 0 Å². The smallest absolute Gasteiger partial charge is 0.416 e. The van der Waals surface area contributed by atoms with Gasteiger partial charge in [0.05, 0.1) is 44.6 Å². The minimum absolute atomic E-state index is 0.0717. The van der Waals surface area contributed by atoms with E-state index in [0.717, 1.165) is 17.7 Å². The number of halogens is 3. The Morgan fingerprint density at radius 1 is 0.930 bits per heavy atom. The van der Waals surface area contributed by atoms with Gasteiger partial charge in [-0.05, 0) is 111 Å². The Bertz CT molecular complexity index is 2100. The third-order valence-electron chi connectivity index (χ3n) is 12.0. The molecule has 4 aromatic rings. The van der Waals surface area contributed by atoms with E-state index < -0.39 is 46.6 Å². The molecule has 1 saturated carbocycles. The summed E-state index contributed by atoms with van der Waals surface area (Å²) in [4.78, 5) is 30.3. The van der Waals surface area contributed by atoms with E-state index in [4.69, 9.17) is 9.47 Å². The number of para-hydroxylation sites is 1. The van der Waals surface area contributed by atoms with E-state index in [9.17, 15) is 33.0 Å². The lowest BCUT2D eigenvalue weighted by Crippen LogP contribution is -2.54. The third-order valence-corrected chi connectivity index (χ3v) is 12.0. The molecule has 1 fully saturated rings. The molecule has 0 aromatic heterocycles. The fourth-order valence-electron chi connectivity index (χ4n) is 8.62. The average Bonchev–Trinajstić information content (AvgIpc) is 3.45. The SMILES string of the molecule is COc1ccc(CN(C[C@]2(O)CC[C@H]3c4ccc(cc4C(=O)c4cccc(C(F)(F)F)c4)C[C@@H](O)CCC(C)=CCC[C@@]32C)C(=O)Nc2ccccc2)c(OC)c1. The van der Waals surface area contributed by atoms with Crippen molar-refractivity contribution in [3.8, 4) is 11.5 Å². The number of hydrogen-bond acceptors (Lipinski definition) is 6. The number of nitrogens with zero attached hydrogens (tertiary/aromatic N) is 1. The summed E-state index contributed by atoms with van der Waals surface area (Å²) in [7, 11) is 3.09. The van der Waals surface area contributed by atoms with Crippen LogP contribution in [0.3, 0.4) is 0 Å². The quantitative estimate of drug-likeness (QED) is 0.115. The van der Waals surface area contributed by atoms with Gasteiger partial charge in [0.1, 0.15) is 11.5 Å². The molecule has 2 amide bonds. The molecular formula is C46H51F3N2O6. The van der Waals surface area contributed by atoms with Crippen LogP contribution in [0, 0.1) is 5.41 Å². The van der Waals surface area contributed by atoms with Gasteiger partial charge in [-0.2, -0.15) is 13.2 Å². The highest BCUT2D eigenvalue weighted by Crippen LogP contribution is 2.59. The zero-order chi connectivity index (χ0) is 41.0. The molecule has 3 aliphatic carbocycles. The van der Waals surface area contributed by atoms with E-state index in [-0.39, 0.29) is 37.1 Å². The zero-order valence-corrected chi connectivity index (χ0v) is 32.9. The first-order chi connectivity index (χ1) is 27.1. The maximum absolute atomic E-state index is 14.4. The van der Waals surface area contributed by atoms with Crippen molar-refractivity contribution >= 4 is 17.5 Å². The molecule has 302 valence electrons. The number of allylic oxidation sites excluding steroid dienone is 2. The second-order valence-corrected chi connectivity index (χ2v) is 15.7. The average molecular weight is 785 g/mol. The largest absolute Gasteiger partial charge is 0.497 e. The molecule has 0 unspecified atom stereocenters. The first-order valence-corrected chi connectivity index (χ1v) is 19.4. The topological polar surface area (TPSA) is 108 Å². The van der Waals surface area contributed by atoms with Crippen LogP contribution in [0.2, 0.25) is 0 Å². The number of aliphatic hydroxyl groups excluding tert-OH is 1. The van der Waals surface area contributed by atoms with Gasteiger partial charge in [0, 0.05) is 33.9 Å². The van der Waals surface area contributed by atoms with Crippen molar-refractivity contribution in [2.24, 2.45) is 5.41 Å². The highest BCUT2D eigenvalue weighted by molar-refractivity contribution is 6.10. The summed E-state index contributed by atoms with van der Waals surface area (Å²) in [6.07, 6.45) is -0.00814. The molecule has 11 heteroatoms. The van der Waals surface area contributed by atoms with E-state index in [1.54, 1.807) is 42.3 Å². The van der Waals surface area contributed by atoms with Gasteiger partial charge in [-0.3, -0.25) is 4.79 Å². The molecule has 7 rings (SSSR count). The van der Waals surface area contributed by atoms with Gasteiger partial charge in [0.25, 0.3) is 0 Å². The van der Waals surface area contributed by atoms with Crippen LogP contribution in [0.25, 0.3) is 0 Å². The highest BCUT2D eigenvalue weighted by Gasteiger charge is 2.57. The lowest BCUT2D eigenvalue weighted by molar-refractivity contribution is -0.137. The number of hydrogen-bond donors (Lipinski definition) is 3. The molecule has 0 heterocycles. The van der Waals surface area contributed by atoms with E-state index in [2.05, 4.69) is 11.4 Å². The maximum Gasteiger partial charge on any atom is 0.416 e. The molecule has 0 spiro atoms. The lowest BCUT2D eigenvalue weighted by atomic mass is 9.64. The minimum atomic E-state index is -4.64. The number of fused-ring (bicyclic) bond motifs is 8.